The molecule has 0 amide bonds. The van der Waals surface area contributed by atoms with E-state index < -0.39 is 0 Å². The number of benzene rings is 2. The lowest BCUT2D eigenvalue weighted by Gasteiger charge is -2.16. The van der Waals surface area contributed by atoms with Gasteiger partial charge in [-0.2, -0.15) is 0 Å². The van der Waals surface area contributed by atoms with Gasteiger partial charge in [-0.25, -0.2) is 0 Å². The molecule has 4 heteroatoms. The fourth-order valence-electron chi connectivity index (χ4n) is 2.76. The molecule has 0 aliphatic heterocycles. The fraction of sp³-hybridized carbons (Fsp3) is 0.478. The minimum absolute atomic E-state index is 0.165. The Kier molecular flexibility index (Phi) is 9.39. The summed E-state index contributed by atoms with van der Waals surface area (Å²) in [7, 11) is 0. The lowest BCUT2D eigenvalue weighted by molar-refractivity contribution is 0.243. The summed E-state index contributed by atoms with van der Waals surface area (Å²) < 4.78 is 11.6. The lowest BCUT2D eigenvalue weighted by Crippen LogP contribution is -2.15. The molecular weight excluding hydrogens is 336 g/mol. The summed E-state index contributed by atoms with van der Waals surface area (Å²) in [6.07, 6.45) is 5.08. The van der Waals surface area contributed by atoms with Gasteiger partial charge in [-0.1, -0.05) is 38.3 Å². The molecule has 2 rings (SSSR count). The third-order valence-corrected chi connectivity index (χ3v) is 4.14. The molecule has 0 spiro atoms. The Bertz CT molecular complexity index is 641. The molecule has 2 N–H and O–H groups in total. The summed E-state index contributed by atoms with van der Waals surface area (Å²) in [5, 5.41) is 6.86. The summed E-state index contributed by atoms with van der Waals surface area (Å²) in [6, 6.07) is 16.2. The lowest BCUT2D eigenvalue weighted by atomic mass is 10.2. The highest BCUT2D eigenvalue weighted by atomic mass is 16.5. The van der Waals surface area contributed by atoms with Crippen molar-refractivity contribution in [3.05, 3.63) is 48.5 Å². The van der Waals surface area contributed by atoms with E-state index >= 15 is 0 Å². The van der Waals surface area contributed by atoms with E-state index in [-0.39, 0.29) is 6.10 Å². The Balaban J connectivity index is 1.68. The van der Waals surface area contributed by atoms with Crippen LogP contribution in [0.4, 0.5) is 11.4 Å². The molecule has 2 aromatic rings. The summed E-state index contributed by atoms with van der Waals surface area (Å²) in [5.41, 5.74) is 2.13. The fourth-order valence-corrected chi connectivity index (χ4v) is 2.76. The van der Waals surface area contributed by atoms with Gasteiger partial charge in [-0.05, 0) is 56.7 Å². The van der Waals surface area contributed by atoms with Crippen molar-refractivity contribution < 1.29 is 9.47 Å². The Morgan fingerprint density at radius 3 is 2.33 bits per heavy atom. The average molecular weight is 371 g/mol. The summed E-state index contributed by atoms with van der Waals surface area (Å²) in [4.78, 5) is 0. The Hall–Kier alpha value is -2.36. The predicted octanol–water partition coefficient (Wildman–Crippen LogP) is 5.96. The van der Waals surface area contributed by atoms with Crippen molar-refractivity contribution >= 4 is 11.4 Å². The van der Waals surface area contributed by atoms with Crippen molar-refractivity contribution in [2.75, 3.05) is 30.3 Å². The van der Waals surface area contributed by atoms with Crippen molar-refractivity contribution in [1.82, 2.24) is 0 Å². The van der Waals surface area contributed by atoms with Gasteiger partial charge in [0.05, 0.1) is 18.4 Å². The molecule has 0 heterocycles. The highest BCUT2D eigenvalue weighted by Gasteiger charge is 2.04. The molecule has 2 aromatic carbocycles. The largest absolute Gasteiger partial charge is 0.494 e. The van der Waals surface area contributed by atoms with Crippen molar-refractivity contribution in [3.8, 4) is 11.5 Å². The van der Waals surface area contributed by atoms with Crippen molar-refractivity contribution in [2.24, 2.45) is 0 Å². The Morgan fingerprint density at radius 1 is 0.852 bits per heavy atom. The van der Waals surface area contributed by atoms with Gasteiger partial charge in [0.15, 0.2) is 0 Å². The molecule has 148 valence electrons. The number of nitrogens with one attached hydrogen (secondary N) is 2. The smallest absolute Gasteiger partial charge is 0.142 e. The first-order chi connectivity index (χ1) is 13.2. The highest BCUT2D eigenvalue weighted by Crippen LogP contribution is 2.24. The van der Waals surface area contributed by atoms with Crippen molar-refractivity contribution in [1.29, 1.82) is 0 Å². The van der Waals surface area contributed by atoms with Crippen molar-refractivity contribution in [3.63, 3.8) is 0 Å². The number of hydrogen-bond donors (Lipinski definition) is 2. The third-order valence-electron chi connectivity index (χ3n) is 4.14. The standard InChI is InChI=1S/C23H34N2O2/c1-4-5-6-9-18-26-21-14-12-20(13-15-21)24-16-17-25-22-10-7-8-11-23(22)27-19(2)3/h7-8,10-15,19,24-25H,4-6,9,16-18H2,1-3H3. The zero-order valence-corrected chi connectivity index (χ0v) is 17.0. The summed E-state index contributed by atoms with van der Waals surface area (Å²) in [5.74, 6) is 1.84. The molecule has 0 aromatic heterocycles. The van der Waals surface area contributed by atoms with Gasteiger partial charge in [0, 0.05) is 18.8 Å². The maximum Gasteiger partial charge on any atom is 0.142 e. The Labute approximate surface area is 164 Å². The zero-order chi connectivity index (χ0) is 19.3. The van der Waals surface area contributed by atoms with Crippen LogP contribution >= 0.6 is 0 Å². The van der Waals surface area contributed by atoms with E-state index in [1.54, 1.807) is 0 Å². The van der Waals surface area contributed by atoms with Crippen LogP contribution in [0.25, 0.3) is 0 Å². The zero-order valence-electron chi connectivity index (χ0n) is 17.0. The minimum Gasteiger partial charge on any atom is -0.494 e. The van der Waals surface area contributed by atoms with Crippen LogP contribution in [0.2, 0.25) is 0 Å². The maximum absolute atomic E-state index is 5.83. The number of rotatable bonds is 13. The van der Waals surface area contributed by atoms with Crippen LogP contribution in [0.15, 0.2) is 48.5 Å². The highest BCUT2D eigenvalue weighted by molar-refractivity contribution is 5.56. The first kappa shape index (κ1) is 20.9. The molecular formula is C23H34N2O2. The molecule has 0 saturated heterocycles. The molecule has 0 saturated carbocycles. The van der Waals surface area contributed by atoms with Crippen LogP contribution in [0, 0.1) is 0 Å². The minimum atomic E-state index is 0.165. The van der Waals surface area contributed by atoms with E-state index in [4.69, 9.17) is 9.47 Å². The topological polar surface area (TPSA) is 42.5 Å². The van der Waals surface area contributed by atoms with Crippen molar-refractivity contribution in [2.45, 2.75) is 52.6 Å². The van der Waals surface area contributed by atoms with E-state index in [0.29, 0.717) is 0 Å². The number of unbranched alkanes of at least 4 members (excludes halogenated alkanes) is 3. The monoisotopic (exact) mass is 370 g/mol. The van der Waals surface area contributed by atoms with Crippen LogP contribution in [-0.2, 0) is 0 Å². The molecule has 0 atom stereocenters. The average Bonchev–Trinajstić information content (AvgIpc) is 2.67. The van der Waals surface area contributed by atoms with E-state index in [1.807, 2.05) is 50.2 Å². The van der Waals surface area contributed by atoms with E-state index in [9.17, 15) is 0 Å². The number of hydrogen-bond acceptors (Lipinski definition) is 4. The van der Waals surface area contributed by atoms with Gasteiger partial charge >= 0.3 is 0 Å². The van der Waals surface area contributed by atoms with Gasteiger partial charge in [-0.3, -0.25) is 0 Å². The summed E-state index contributed by atoms with van der Waals surface area (Å²) in [6.45, 7) is 8.74. The van der Waals surface area contributed by atoms with Gasteiger partial charge < -0.3 is 20.1 Å². The van der Waals surface area contributed by atoms with Crippen LogP contribution in [0.1, 0.15) is 46.5 Å². The molecule has 0 aliphatic carbocycles. The van der Waals surface area contributed by atoms with E-state index in [2.05, 4.69) is 29.7 Å². The van der Waals surface area contributed by atoms with Crippen LogP contribution in [-0.4, -0.2) is 25.8 Å². The maximum atomic E-state index is 5.83. The molecule has 0 unspecified atom stereocenters. The number of ether oxygens (including phenoxy) is 2. The molecule has 0 aliphatic rings. The van der Waals surface area contributed by atoms with E-state index in [1.165, 1.54) is 19.3 Å². The first-order valence-corrected chi connectivity index (χ1v) is 10.2. The molecule has 0 bridgehead atoms. The molecule has 27 heavy (non-hydrogen) atoms. The van der Waals surface area contributed by atoms with Gasteiger partial charge in [0.25, 0.3) is 0 Å². The van der Waals surface area contributed by atoms with Crippen LogP contribution in [0.5, 0.6) is 11.5 Å². The third kappa shape index (κ3) is 8.25. The normalized spacial score (nSPS) is 10.7. The number of para-hydroxylation sites is 2. The van der Waals surface area contributed by atoms with Crippen LogP contribution in [0.3, 0.4) is 0 Å². The van der Waals surface area contributed by atoms with Gasteiger partial charge in [-0.15, -0.1) is 0 Å². The quantitative estimate of drug-likeness (QED) is 0.427. The van der Waals surface area contributed by atoms with E-state index in [0.717, 1.165) is 49.0 Å². The molecule has 4 nitrogen and oxygen atoms in total. The first-order valence-electron chi connectivity index (χ1n) is 10.2. The van der Waals surface area contributed by atoms with Gasteiger partial charge in [0.2, 0.25) is 0 Å². The van der Waals surface area contributed by atoms with Gasteiger partial charge in [0.1, 0.15) is 11.5 Å². The summed E-state index contributed by atoms with van der Waals surface area (Å²) >= 11 is 0. The predicted molar refractivity (Wildman–Crippen MR) is 115 cm³/mol. The second-order valence-corrected chi connectivity index (χ2v) is 6.95. The SMILES string of the molecule is CCCCCCOc1ccc(NCCNc2ccccc2OC(C)C)cc1. The Morgan fingerprint density at radius 2 is 1.59 bits per heavy atom. The second kappa shape index (κ2) is 12.1. The molecule has 0 radical (unpaired) electrons. The number of anilines is 2. The second-order valence-electron chi connectivity index (χ2n) is 6.95. The molecule has 0 fully saturated rings. The van der Waals surface area contributed by atoms with Crippen LogP contribution < -0.4 is 20.1 Å².